The molecule has 0 aliphatic heterocycles. The Morgan fingerprint density at radius 3 is 0.753 bits per heavy atom. The summed E-state index contributed by atoms with van der Waals surface area (Å²) in [6.45, 7) is 6.40. The zero-order chi connectivity index (χ0) is 58.5. The Kier molecular flexibility index (Phi) is 64.3. The Hall–Kier alpha value is -4.45. The van der Waals surface area contributed by atoms with E-state index in [9.17, 15) is 14.4 Å². The number of carbonyl (C=O) groups is 3. The van der Waals surface area contributed by atoms with Crippen LogP contribution >= 0.6 is 0 Å². The highest BCUT2D eigenvalue weighted by Crippen LogP contribution is 2.16. The summed E-state index contributed by atoms with van der Waals surface area (Å²) in [5, 5.41) is 0. The van der Waals surface area contributed by atoms with E-state index < -0.39 is 6.10 Å². The number of carbonyl (C=O) groups excluding carboxylic acids is 3. The Balaban J connectivity index is 4.41. The fourth-order valence-corrected chi connectivity index (χ4v) is 9.14. The third-order valence-electron chi connectivity index (χ3n) is 14.1. The molecule has 0 aliphatic carbocycles. The second-order valence-corrected chi connectivity index (χ2v) is 22.0. The molecule has 0 aromatic rings. The number of allylic oxidation sites excluding steroid dienone is 22. The van der Waals surface area contributed by atoms with E-state index in [1.165, 1.54) is 109 Å². The van der Waals surface area contributed by atoms with Crippen LogP contribution in [-0.2, 0) is 28.6 Å². The molecule has 460 valence electrons. The smallest absolute Gasteiger partial charge is 0.306 e. The Morgan fingerprint density at radius 2 is 0.481 bits per heavy atom. The number of hydrogen-bond acceptors (Lipinski definition) is 6. The summed E-state index contributed by atoms with van der Waals surface area (Å²) >= 11 is 0. The molecule has 0 N–H and O–H groups in total. The molecule has 0 fully saturated rings. The minimum Gasteiger partial charge on any atom is -0.462 e. The zero-order valence-corrected chi connectivity index (χ0v) is 52.8. The van der Waals surface area contributed by atoms with Crippen molar-refractivity contribution in [2.24, 2.45) is 0 Å². The predicted molar refractivity (Wildman–Crippen MR) is 353 cm³/mol. The highest BCUT2D eigenvalue weighted by atomic mass is 16.6. The van der Waals surface area contributed by atoms with Crippen LogP contribution in [0.2, 0.25) is 0 Å². The van der Waals surface area contributed by atoms with Gasteiger partial charge in [0.15, 0.2) is 6.10 Å². The Labute approximate surface area is 500 Å². The van der Waals surface area contributed by atoms with Gasteiger partial charge in [-0.05, 0) is 135 Å². The molecular weight excluding hydrogens is 997 g/mol. The van der Waals surface area contributed by atoms with Crippen molar-refractivity contribution in [1.82, 2.24) is 0 Å². The van der Waals surface area contributed by atoms with Gasteiger partial charge in [0.25, 0.3) is 0 Å². The summed E-state index contributed by atoms with van der Waals surface area (Å²) in [5.74, 6) is -0.918. The molecule has 0 aliphatic rings. The Bertz CT molecular complexity index is 1720. The normalized spacial score (nSPS) is 13.0. The topological polar surface area (TPSA) is 78.9 Å². The van der Waals surface area contributed by atoms with Crippen molar-refractivity contribution in [3.8, 4) is 0 Å². The molecule has 1 atom stereocenters. The number of rotatable bonds is 60. The minimum absolute atomic E-state index is 0.0932. The van der Waals surface area contributed by atoms with Crippen LogP contribution in [0.25, 0.3) is 0 Å². The third kappa shape index (κ3) is 66.2. The molecule has 0 amide bonds. The molecule has 1 unspecified atom stereocenters. The predicted octanol–water partition coefficient (Wildman–Crippen LogP) is 23.3. The van der Waals surface area contributed by atoms with Crippen molar-refractivity contribution in [3.05, 3.63) is 134 Å². The molecule has 6 nitrogen and oxygen atoms in total. The highest BCUT2D eigenvalue weighted by Gasteiger charge is 2.19. The van der Waals surface area contributed by atoms with Gasteiger partial charge in [-0.2, -0.15) is 0 Å². The van der Waals surface area contributed by atoms with E-state index in [1.807, 2.05) is 0 Å². The fourth-order valence-electron chi connectivity index (χ4n) is 9.14. The van der Waals surface area contributed by atoms with Crippen molar-refractivity contribution in [2.45, 2.75) is 309 Å². The standard InChI is InChI=1S/C75H124O6/c1-4-7-10-13-16-19-22-25-28-30-32-34-36-37-39-40-42-44-47-50-53-56-59-62-65-68-74(77)80-71-72(70-79-73(76)67-64-61-58-55-52-49-46-27-24-21-18-15-12-9-6-3)81-75(78)69-66-63-60-57-54-51-48-45-43-41-38-35-33-31-29-26-23-20-17-14-11-8-5-2/h7,9-10,12,16,18-19,21,23,25-28,31-34,37-39,41,46,72H,4-6,8,11,13-15,17,20,22,24,29-30,35-36,40,42-45,47-71H2,1-3H3/b10-7-,12-9-,19-16-,21-18-,26-23-,28-25-,33-31-,34-32-,39-37-,41-38-,46-27-. The van der Waals surface area contributed by atoms with Crippen molar-refractivity contribution >= 4 is 17.9 Å². The van der Waals surface area contributed by atoms with Gasteiger partial charge in [-0.3, -0.25) is 14.4 Å². The molecule has 0 saturated heterocycles. The molecule has 0 aromatic heterocycles. The van der Waals surface area contributed by atoms with Gasteiger partial charge in [-0.25, -0.2) is 0 Å². The van der Waals surface area contributed by atoms with Gasteiger partial charge in [0, 0.05) is 19.3 Å². The van der Waals surface area contributed by atoms with E-state index in [4.69, 9.17) is 14.2 Å². The first-order valence-electron chi connectivity index (χ1n) is 33.7. The summed E-state index contributed by atoms with van der Waals surface area (Å²) < 4.78 is 16.9. The van der Waals surface area contributed by atoms with E-state index in [2.05, 4.69) is 154 Å². The van der Waals surface area contributed by atoms with Crippen LogP contribution in [0.1, 0.15) is 303 Å². The van der Waals surface area contributed by atoms with E-state index >= 15 is 0 Å². The molecule has 0 radical (unpaired) electrons. The van der Waals surface area contributed by atoms with Gasteiger partial charge in [0.05, 0.1) is 0 Å². The lowest BCUT2D eigenvalue weighted by Crippen LogP contribution is -2.30. The molecule has 0 heterocycles. The van der Waals surface area contributed by atoms with Crippen LogP contribution in [0.4, 0.5) is 0 Å². The van der Waals surface area contributed by atoms with Gasteiger partial charge in [0.1, 0.15) is 13.2 Å². The average Bonchev–Trinajstić information content (AvgIpc) is 3.47. The molecule has 0 rings (SSSR count). The van der Waals surface area contributed by atoms with Gasteiger partial charge < -0.3 is 14.2 Å². The number of ether oxygens (including phenoxy) is 3. The number of esters is 3. The fraction of sp³-hybridized carbons (Fsp3) is 0.667. The minimum atomic E-state index is -0.799. The van der Waals surface area contributed by atoms with Crippen LogP contribution in [-0.4, -0.2) is 37.2 Å². The SMILES string of the molecule is CC/C=C\C/C=C\C/C=C\C/C=C\C/C=C\CCCCCCCCCCCC(=O)OCC(COC(=O)CCCCCCC/C=C\C/C=C\C/C=C\CC)OC(=O)CCCCCCCCCC/C=C\C/C=C\C/C=C\CCCCCCC. The number of unbranched alkanes of at least 4 members (excludes halogenated alkanes) is 27. The third-order valence-corrected chi connectivity index (χ3v) is 14.1. The summed E-state index contributed by atoms with van der Waals surface area (Å²) in [5.41, 5.74) is 0. The summed E-state index contributed by atoms with van der Waals surface area (Å²) in [7, 11) is 0. The summed E-state index contributed by atoms with van der Waals surface area (Å²) in [6, 6.07) is 0. The largest absolute Gasteiger partial charge is 0.462 e. The average molecular weight is 1120 g/mol. The molecule has 6 heteroatoms. The summed E-state index contributed by atoms with van der Waals surface area (Å²) in [4.78, 5) is 38.4. The second-order valence-electron chi connectivity index (χ2n) is 22.0. The van der Waals surface area contributed by atoms with E-state index in [-0.39, 0.29) is 31.1 Å². The summed E-state index contributed by atoms with van der Waals surface area (Å²) in [6.07, 6.45) is 96.0. The second kappa shape index (κ2) is 68.1. The first-order chi connectivity index (χ1) is 40.0. The molecule has 81 heavy (non-hydrogen) atoms. The lowest BCUT2D eigenvalue weighted by molar-refractivity contribution is -0.167. The van der Waals surface area contributed by atoms with Crippen molar-refractivity contribution in [3.63, 3.8) is 0 Å². The zero-order valence-electron chi connectivity index (χ0n) is 52.8. The van der Waals surface area contributed by atoms with E-state index in [0.29, 0.717) is 19.3 Å². The van der Waals surface area contributed by atoms with Crippen LogP contribution in [0.5, 0.6) is 0 Å². The highest BCUT2D eigenvalue weighted by molar-refractivity contribution is 5.71. The quantitative estimate of drug-likeness (QED) is 0.0261. The van der Waals surface area contributed by atoms with Crippen LogP contribution in [0.3, 0.4) is 0 Å². The van der Waals surface area contributed by atoms with E-state index in [0.717, 1.165) is 154 Å². The van der Waals surface area contributed by atoms with Crippen molar-refractivity contribution in [2.75, 3.05) is 13.2 Å². The van der Waals surface area contributed by atoms with Crippen LogP contribution in [0, 0.1) is 0 Å². The lowest BCUT2D eigenvalue weighted by atomic mass is 10.1. The lowest BCUT2D eigenvalue weighted by Gasteiger charge is -2.18. The van der Waals surface area contributed by atoms with Crippen LogP contribution in [0.15, 0.2) is 134 Å². The van der Waals surface area contributed by atoms with E-state index in [1.54, 1.807) is 0 Å². The monoisotopic (exact) mass is 1120 g/mol. The maximum Gasteiger partial charge on any atom is 0.306 e. The van der Waals surface area contributed by atoms with Crippen LogP contribution < -0.4 is 0 Å². The van der Waals surface area contributed by atoms with Gasteiger partial charge in [-0.15, -0.1) is 0 Å². The number of hydrogen-bond donors (Lipinski definition) is 0. The molecular formula is C75H124O6. The first kappa shape index (κ1) is 76.5. The molecule has 0 bridgehead atoms. The van der Waals surface area contributed by atoms with Gasteiger partial charge in [0.2, 0.25) is 0 Å². The van der Waals surface area contributed by atoms with Crippen molar-refractivity contribution in [1.29, 1.82) is 0 Å². The maximum atomic E-state index is 12.9. The Morgan fingerprint density at radius 1 is 0.259 bits per heavy atom. The molecule has 0 saturated carbocycles. The molecule has 0 aromatic carbocycles. The maximum absolute atomic E-state index is 12.9. The molecule has 0 spiro atoms. The van der Waals surface area contributed by atoms with Gasteiger partial charge >= 0.3 is 17.9 Å². The first-order valence-corrected chi connectivity index (χ1v) is 33.7. The van der Waals surface area contributed by atoms with Crippen molar-refractivity contribution < 1.29 is 28.6 Å². The van der Waals surface area contributed by atoms with Gasteiger partial charge in [-0.1, -0.05) is 283 Å².